The molecular weight excluding hydrogens is 263 g/mol. The molecule has 0 amide bonds. The van der Waals surface area contributed by atoms with Crippen LogP contribution in [-0.2, 0) is 14.2 Å². The van der Waals surface area contributed by atoms with Crippen molar-refractivity contribution in [2.45, 2.75) is 50.3 Å². The fourth-order valence-corrected chi connectivity index (χ4v) is 2.74. The monoisotopic (exact) mass is 283 g/mol. The van der Waals surface area contributed by atoms with Gasteiger partial charge in [0.2, 0.25) is 0 Å². The molecule has 0 aromatic carbocycles. The molecule has 2 aliphatic rings. The highest BCUT2D eigenvalue weighted by Crippen LogP contribution is 2.37. The van der Waals surface area contributed by atoms with E-state index in [9.17, 15) is 13.2 Å². The molecule has 0 bridgehead atoms. The van der Waals surface area contributed by atoms with E-state index in [2.05, 4.69) is 5.32 Å². The number of nitrogens with one attached hydrogen (secondary N) is 1. The summed E-state index contributed by atoms with van der Waals surface area (Å²) in [6.45, 7) is 2.39. The van der Waals surface area contributed by atoms with Crippen molar-refractivity contribution in [3.8, 4) is 0 Å². The Labute approximate surface area is 110 Å². The van der Waals surface area contributed by atoms with E-state index < -0.39 is 24.7 Å². The van der Waals surface area contributed by atoms with Crippen molar-refractivity contribution >= 4 is 0 Å². The van der Waals surface area contributed by atoms with Crippen LogP contribution < -0.4 is 5.32 Å². The first-order chi connectivity index (χ1) is 8.94. The molecule has 112 valence electrons. The average molecular weight is 283 g/mol. The van der Waals surface area contributed by atoms with Crippen LogP contribution in [0.2, 0.25) is 0 Å². The predicted octanol–water partition coefficient (Wildman–Crippen LogP) is 1.84. The maximum atomic E-state index is 12.3. The van der Waals surface area contributed by atoms with Crippen LogP contribution in [0.3, 0.4) is 0 Å². The Hall–Kier alpha value is -0.370. The van der Waals surface area contributed by atoms with E-state index in [1.54, 1.807) is 0 Å². The van der Waals surface area contributed by atoms with E-state index >= 15 is 0 Å². The molecule has 2 atom stereocenters. The second-order valence-corrected chi connectivity index (χ2v) is 4.98. The maximum absolute atomic E-state index is 12.3. The number of rotatable bonds is 4. The van der Waals surface area contributed by atoms with Crippen molar-refractivity contribution in [2.75, 3.05) is 26.4 Å². The highest BCUT2D eigenvalue weighted by molar-refractivity contribution is 4.92. The van der Waals surface area contributed by atoms with Gasteiger partial charge < -0.3 is 19.5 Å². The quantitative estimate of drug-likeness (QED) is 0.854. The third-order valence-electron chi connectivity index (χ3n) is 3.54. The number of hydrogen-bond donors (Lipinski definition) is 1. The normalized spacial score (nSPS) is 30.9. The van der Waals surface area contributed by atoms with Crippen LogP contribution in [0.25, 0.3) is 0 Å². The Balaban J connectivity index is 1.96. The van der Waals surface area contributed by atoms with Gasteiger partial charge in [-0.1, -0.05) is 6.92 Å². The smallest absolute Gasteiger partial charge is 0.367 e. The number of halogens is 3. The molecule has 0 aromatic rings. The molecule has 7 heteroatoms. The topological polar surface area (TPSA) is 39.7 Å². The Bertz CT molecular complexity index is 292. The van der Waals surface area contributed by atoms with Crippen molar-refractivity contribution in [1.82, 2.24) is 5.32 Å². The lowest BCUT2D eigenvalue weighted by molar-refractivity contribution is -0.231. The summed E-state index contributed by atoms with van der Waals surface area (Å²) in [4.78, 5) is 0. The van der Waals surface area contributed by atoms with Gasteiger partial charge in [0.1, 0.15) is 6.61 Å². The second kappa shape index (κ2) is 5.95. The summed E-state index contributed by atoms with van der Waals surface area (Å²) < 4.78 is 53.0. The van der Waals surface area contributed by atoms with Gasteiger partial charge in [0.15, 0.2) is 5.79 Å². The molecule has 4 nitrogen and oxygen atoms in total. The molecule has 1 N–H and O–H groups in total. The van der Waals surface area contributed by atoms with E-state index in [1.165, 1.54) is 0 Å². The highest BCUT2D eigenvalue weighted by atomic mass is 19.4. The molecule has 1 heterocycles. The Morgan fingerprint density at radius 3 is 2.58 bits per heavy atom. The molecule has 0 radical (unpaired) electrons. The minimum absolute atomic E-state index is 0.0780. The summed E-state index contributed by atoms with van der Waals surface area (Å²) in [5.41, 5.74) is 0. The molecule has 1 saturated heterocycles. The lowest BCUT2D eigenvalue weighted by Crippen LogP contribution is -2.52. The second-order valence-electron chi connectivity index (χ2n) is 4.98. The van der Waals surface area contributed by atoms with Crippen molar-refractivity contribution in [2.24, 2.45) is 0 Å². The van der Waals surface area contributed by atoms with Crippen LogP contribution in [0.5, 0.6) is 0 Å². The zero-order chi connectivity index (χ0) is 13.9. The van der Waals surface area contributed by atoms with Gasteiger partial charge in [-0.15, -0.1) is 0 Å². The first-order valence-electron chi connectivity index (χ1n) is 6.64. The highest BCUT2D eigenvalue weighted by Gasteiger charge is 2.46. The molecule has 19 heavy (non-hydrogen) atoms. The van der Waals surface area contributed by atoms with Crippen LogP contribution in [-0.4, -0.2) is 50.5 Å². The van der Waals surface area contributed by atoms with Crippen molar-refractivity contribution < 1.29 is 27.4 Å². The van der Waals surface area contributed by atoms with Crippen molar-refractivity contribution in [1.29, 1.82) is 0 Å². The third kappa shape index (κ3) is 4.05. The van der Waals surface area contributed by atoms with Gasteiger partial charge in [-0.25, -0.2) is 0 Å². The van der Waals surface area contributed by atoms with Gasteiger partial charge in [0.25, 0.3) is 0 Å². The standard InChI is InChI=1S/C12H20F3NO3/c1-2-16-9-3-4-11(18-5-6-19-11)7-10(9)17-8-12(13,14)15/h9-10,16H,2-8H2,1H3. The first kappa shape index (κ1) is 15.0. The van der Waals surface area contributed by atoms with Crippen LogP contribution in [0, 0.1) is 0 Å². The zero-order valence-corrected chi connectivity index (χ0v) is 11.0. The summed E-state index contributed by atoms with van der Waals surface area (Å²) in [5, 5.41) is 3.17. The van der Waals surface area contributed by atoms with Crippen LogP contribution >= 0.6 is 0 Å². The maximum Gasteiger partial charge on any atom is 0.411 e. The Kier molecular flexibility index (Phi) is 4.70. The molecule has 2 unspecified atom stereocenters. The largest absolute Gasteiger partial charge is 0.411 e. The van der Waals surface area contributed by atoms with E-state index in [0.717, 1.165) is 0 Å². The molecule has 1 aliphatic heterocycles. The number of likely N-dealkylation sites (N-methyl/N-ethyl adjacent to an activating group) is 1. The number of alkyl halides is 3. The van der Waals surface area contributed by atoms with E-state index in [1.807, 2.05) is 6.92 Å². The van der Waals surface area contributed by atoms with Gasteiger partial charge in [0, 0.05) is 18.9 Å². The molecule has 1 aliphatic carbocycles. The fraction of sp³-hybridized carbons (Fsp3) is 1.00. The fourth-order valence-electron chi connectivity index (χ4n) is 2.74. The molecule has 2 rings (SSSR count). The van der Waals surface area contributed by atoms with Gasteiger partial charge in [-0.05, 0) is 13.0 Å². The minimum Gasteiger partial charge on any atom is -0.367 e. The average Bonchev–Trinajstić information content (AvgIpc) is 2.77. The minimum atomic E-state index is -4.31. The van der Waals surface area contributed by atoms with Gasteiger partial charge in [0.05, 0.1) is 19.3 Å². The van der Waals surface area contributed by atoms with Gasteiger partial charge >= 0.3 is 6.18 Å². The van der Waals surface area contributed by atoms with Crippen LogP contribution in [0.1, 0.15) is 26.2 Å². The SMILES string of the molecule is CCNC1CCC2(CC1OCC(F)(F)F)OCCO2. The molecule has 2 fully saturated rings. The summed E-state index contributed by atoms with van der Waals surface area (Å²) in [6, 6.07) is -0.0780. The van der Waals surface area contributed by atoms with Crippen LogP contribution in [0.4, 0.5) is 13.2 Å². The van der Waals surface area contributed by atoms with E-state index in [4.69, 9.17) is 14.2 Å². The third-order valence-corrected chi connectivity index (χ3v) is 3.54. The molecule has 1 spiro atoms. The van der Waals surface area contributed by atoms with E-state index in [-0.39, 0.29) is 6.04 Å². The summed E-state index contributed by atoms with van der Waals surface area (Å²) >= 11 is 0. The number of hydrogen-bond acceptors (Lipinski definition) is 4. The van der Waals surface area contributed by atoms with E-state index in [0.29, 0.717) is 39.0 Å². The van der Waals surface area contributed by atoms with Gasteiger partial charge in [-0.3, -0.25) is 0 Å². The zero-order valence-electron chi connectivity index (χ0n) is 11.0. The van der Waals surface area contributed by atoms with Crippen molar-refractivity contribution in [3.63, 3.8) is 0 Å². The van der Waals surface area contributed by atoms with Gasteiger partial charge in [-0.2, -0.15) is 13.2 Å². The van der Waals surface area contributed by atoms with Crippen molar-refractivity contribution in [3.05, 3.63) is 0 Å². The lowest BCUT2D eigenvalue weighted by Gasteiger charge is -2.41. The number of ether oxygens (including phenoxy) is 3. The summed E-state index contributed by atoms with van der Waals surface area (Å²) in [6.07, 6.45) is -3.11. The van der Waals surface area contributed by atoms with Crippen LogP contribution in [0.15, 0.2) is 0 Å². The lowest BCUT2D eigenvalue weighted by atomic mass is 9.87. The molecule has 1 saturated carbocycles. The predicted molar refractivity (Wildman–Crippen MR) is 61.7 cm³/mol. The molecule has 0 aromatic heterocycles. The molecular formula is C12H20F3NO3. The first-order valence-corrected chi connectivity index (χ1v) is 6.64. The summed E-state index contributed by atoms with van der Waals surface area (Å²) in [7, 11) is 0. The summed E-state index contributed by atoms with van der Waals surface area (Å²) in [5.74, 6) is -0.734. The Morgan fingerprint density at radius 2 is 2.00 bits per heavy atom. The Morgan fingerprint density at radius 1 is 1.32 bits per heavy atom.